The van der Waals surface area contributed by atoms with Crippen LogP contribution in [0.15, 0.2) is 41.1 Å². The van der Waals surface area contributed by atoms with Crippen LogP contribution in [0.1, 0.15) is 12.0 Å². The molecule has 1 aromatic carbocycles. The Labute approximate surface area is 104 Å². The largest absolute Gasteiger partial charge is 0.338 e. The average Bonchev–Trinajstić information content (AvgIpc) is 2.91. The van der Waals surface area contributed by atoms with E-state index in [-0.39, 0.29) is 6.03 Å². The highest BCUT2D eigenvalue weighted by Gasteiger charge is 2.22. The average molecular weight is 243 g/mol. The highest BCUT2D eigenvalue weighted by Crippen LogP contribution is 2.27. The Kier molecular flexibility index (Phi) is 2.72. The van der Waals surface area contributed by atoms with Crippen LogP contribution in [-0.2, 0) is 6.42 Å². The zero-order valence-corrected chi connectivity index (χ0v) is 9.80. The number of nitrogens with zero attached hydrogens (tertiary/aromatic N) is 2. The number of urea groups is 1. The molecule has 2 heterocycles. The van der Waals surface area contributed by atoms with Crippen molar-refractivity contribution in [3.8, 4) is 0 Å². The third kappa shape index (κ3) is 1.95. The molecule has 1 aromatic heterocycles. The van der Waals surface area contributed by atoms with E-state index in [2.05, 4.69) is 16.5 Å². The number of carbonyl (C=O) groups excluding carboxylic acids is 1. The van der Waals surface area contributed by atoms with Crippen LogP contribution in [-0.4, -0.2) is 17.7 Å². The van der Waals surface area contributed by atoms with Crippen molar-refractivity contribution in [2.45, 2.75) is 12.8 Å². The van der Waals surface area contributed by atoms with Gasteiger partial charge in [0.05, 0.1) is 6.20 Å². The molecule has 3 rings (SSSR count). The minimum absolute atomic E-state index is 0.182. The third-order valence-corrected chi connectivity index (χ3v) is 3.02. The molecule has 0 fully saturated rings. The van der Waals surface area contributed by atoms with Crippen LogP contribution >= 0.6 is 0 Å². The van der Waals surface area contributed by atoms with Crippen molar-refractivity contribution >= 4 is 17.6 Å². The van der Waals surface area contributed by atoms with Gasteiger partial charge in [-0.25, -0.2) is 4.79 Å². The predicted octanol–water partition coefficient (Wildman–Crippen LogP) is 2.66. The van der Waals surface area contributed by atoms with Crippen molar-refractivity contribution in [3.05, 3.63) is 42.1 Å². The number of anilines is 2. The lowest BCUT2D eigenvalue weighted by atomic mass is 10.0. The standard InChI is InChI=1S/C13H13N3O2/c17-13(15-12-7-8-14-18-12)16-9-3-5-10-4-1-2-6-11(10)16/h1-2,4,6-8H,3,5,9H2,(H,15,17). The Morgan fingerprint density at radius 2 is 2.22 bits per heavy atom. The van der Waals surface area contributed by atoms with Crippen molar-refractivity contribution in [2.24, 2.45) is 0 Å². The smallest absolute Gasteiger partial charge is 0.328 e. The van der Waals surface area contributed by atoms with E-state index in [1.807, 2.05) is 18.2 Å². The van der Waals surface area contributed by atoms with Crippen molar-refractivity contribution < 1.29 is 9.32 Å². The summed E-state index contributed by atoms with van der Waals surface area (Å²) in [5, 5.41) is 6.25. The van der Waals surface area contributed by atoms with Gasteiger partial charge in [0.1, 0.15) is 0 Å². The maximum Gasteiger partial charge on any atom is 0.328 e. The summed E-state index contributed by atoms with van der Waals surface area (Å²) in [6.45, 7) is 0.719. The fraction of sp³-hybridized carbons (Fsp3) is 0.231. The summed E-state index contributed by atoms with van der Waals surface area (Å²) in [4.78, 5) is 13.9. The zero-order chi connectivity index (χ0) is 12.4. The molecule has 0 atom stereocenters. The van der Waals surface area contributed by atoms with Crippen LogP contribution in [0, 0.1) is 0 Å². The highest BCUT2D eigenvalue weighted by molar-refractivity contribution is 6.01. The number of carbonyl (C=O) groups is 1. The topological polar surface area (TPSA) is 58.4 Å². The Bertz CT molecular complexity index is 551. The predicted molar refractivity (Wildman–Crippen MR) is 67.6 cm³/mol. The number of fused-ring (bicyclic) bond motifs is 1. The highest BCUT2D eigenvalue weighted by atomic mass is 16.5. The van der Waals surface area contributed by atoms with Gasteiger partial charge in [0, 0.05) is 18.3 Å². The molecule has 92 valence electrons. The second kappa shape index (κ2) is 4.52. The first-order chi connectivity index (χ1) is 8.84. The molecule has 0 aliphatic carbocycles. The van der Waals surface area contributed by atoms with E-state index in [0.29, 0.717) is 5.88 Å². The molecule has 1 aliphatic heterocycles. The Balaban J connectivity index is 1.83. The van der Waals surface area contributed by atoms with Gasteiger partial charge in [-0.05, 0) is 24.5 Å². The Morgan fingerprint density at radius 3 is 3.06 bits per heavy atom. The fourth-order valence-electron chi connectivity index (χ4n) is 2.20. The molecule has 0 saturated carbocycles. The molecule has 1 N–H and O–H groups in total. The maximum absolute atomic E-state index is 12.2. The summed E-state index contributed by atoms with van der Waals surface area (Å²) < 4.78 is 4.87. The van der Waals surface area contributed by atoms with Gasteiger partial charge in [-0.3, -0.25) is 10.2 Å². The third-order valence-electron chi connectivity index (χ3n) is 3.02. The van der Waals surface area contributed by atoms with E-state index in [1.165, 1.54) is 11.8 Å². The van der Waals surface area contributed by atoms with Crippen molar-refractivity contribution in [1.29, 1.82) is 0 Å². The van der Waals surface area contributed by atoms with Crippen LogP contribution in [0.2, 0.25) is 0 Å². The van der Waals surface area contributed by atoms with E-state index in [4.69, 9.17) is 4.52 Å². The summed E-state index contributed by atoms with van der Waals surface area (Å²) in [7, 11) is 0. The van der Waals surface area contributed by atoms with Crippen LogP contribution in [0.25, 0.3) is 0 Å². The van der Waals surface area contributed by atoms with Crippen LogP contribution in [0.3, 0.4) is 0 Å². The molecule has 0 radical (unpaired) electrons. The van der Waals surface area contributed by atoms with Gasteiger partial charge in [-0.2, -0.15) is 0 Å². The molecule has 0 bridgehead atoms. The number of amides is 2. The molecule has 0 unspecified atom stereocenters. The zero-order valence-electron chi connectivity index (χ0n) is 9.80. The van der Waals surface area contributed by atoms with Crippen molar-refractivity contribution in [2.75, 3.05) is 16.8 Å². The van der Waals surface area contributed by atoms with Crippen LogP contribution in [0.5, 0.6) is 0 Å². The molecule has 5 nitrogen and oxygen atoms in total. The lowest BCUT2D eigenvalue weighted by Crippen LogP contribution is -2.38. The summed E-state index contributed by atoms with van der Waals surface area (Å²) in [6.07, 6.45) is 3.49. The van der Waals surface area contributed by atoms with Gasteiger partial charge in [0.15, 0.2) is 0 Å². The molecular formula is C13H13N3O2. The Morgan fingerprint density at radius 1 is 1.33 bits per heavy atom. The maximum atomic E-state index is 12.2. The number of hydrogen-bond donors (Lipinski definition) is 1. The number of rotatable bonds is 1. The molecule has 2 aromatic rings. The second-order valence-corrected chi connectivity index (χ2v) is 4.19. The van der Waals surface area contributed by atoms with Gasteiger partial charge >= 0.3 is 6.03 Å². The molecule has 1 aliphatic rings. The van der Waals surface area contributed by atoms with E-state index in [0.717, 1.165) is 25.1 Å². The molecule has 0 saturated heterocycles. The monoisotopic (exact) mass is 243 g/mol. The van der Waals surface area contributed by atoms with E-state index in [9.17, 15) is 4.79 Å². The number of aromatic nitrogens is 1. The second-order valence-electron chi connectivity index (χ2n) is 4.19. The molecule has 2 amide bonds. The van der Waals surface area contributed by atoms with Crippen molar-refractivity contribution in [1.82, 2.24) is 5.16 Å². The summed E-state index contributed by atoms with van der Waals surface area (Å²) in [6, 6.07) is 9.40. The fourth-order valence-corrected chi connectivity index (χ4v) is 2.20. The van der Waals surface area contributed by atoms with E-state index >= 15 is 0 Å². The number of benzene rings is 1. The number of aryl methyl sites for hydroxylation is 1. The summed E-state index contributed by atoms with van der Waals surface area (Å²) >= 11 is 0. The van der Waals surface area contributed by atoms with Gasteiger partial charge in [0.2, 0.25) is 5.88 Å². The summed E-state index contributed by atoms with van der Waals surface area (Å²) in [5.74, 6) is 0.364. The number of para-hydroxylation sites is 1. The first-order valence-electron chi connectivity index (χ1n) is 5.92. The van der Waals surface area contributed by atoms with Gasteiger partial charge in [-0.1, -0.05) is 23.4 Å². The quantitative estimate of drug-likeness (QED) is 0.837. The lowest BCUT2D eigenvalue weighted by Gasteiger charge is -2.28. The molecule has 18 heavy (non-hydrogen) atoms. The first kappa shape index (κ1) is 10.8. The Hall–Kier alpha value is -2.30. The minimum Gasteiger partial charge on any atom is -0.338 e. The van der Waals surface area contributed by atoms with Crippen LogP contribution in [0.4, 0.5) is 16.4 Å². The number of hydrogen-bond acceptors (Lipinski definition) is 3. The first-order valence-corrected chi connectivity index (χ1v) is 5.92. The van der Waals surface area contributed by atoms with Crippen LogP contribution < -0.4 is 10.2 Å². The normalized spacial score (nSPS) is 14.1. The van der Waals surface area contributed by atoms with Crippen molar-refractivity contribution in [3.63, 3.8) is 0 Å². The van der Waals surface area contributed by atoms with E-state index < -0.39 is 0 Å². The molecule has 5 heteroatoms. The van der Waals surface area contributed by atoms with Gasteiger partial charge < -0.3 is 4.52 Å². The minimum atomic E-state index is -0.182. The number of nitrogens with one attached hydrogen (secondary N) is 1. The van der Waals surface area contributed by atoms with Gasteiger partial charge in [-0.15, -0.1) is 0 Å². The lowest BCUT2D eigenvalue weighted by molar-refractivity contribution is 0.255. The van der Waals surface area contributed by atoms with E-state index in [1.54, 1.807) is 11.0 Å². The SMILES string of the molecule is O=C(Nc1ccno1)N1CCCc2ccccc21. The molecular weight excluding hydrogens is 230 g/mol. The summed E-state index contributed by atoms with van der Waals surface area (Å²) in [5.41, 5.74) is 2.18. The van der Waals surface area contributed by atoms with Gasteiger partial charge in [0.25, 0.3) is 0 Å². The molecule has 0 spiro atoms.